The van der Waals surface area contributed by atoms with Gasteiger partial charge in [-0.1, -0.05) is 20.3 Å². The Bertz CT molecular complexity index is 234. The summed E-state index contributed by atoms with van der Waals surface area (Å²) in [4.78, 5) is 11.6. The number of amides is 1. The molecule has 1 aliphatic rings. The fraction of sp³-hybridized carbons (Fsp3) is 0.929. The molecule has 2 unspecified atom stereocenters. The first-order valence-electron chi connectivity index (χ1n) is 7.35. The Kier molecular flexibility index (Phi) is 8.01. The van der Waals surface area contributed by atoms with Gasteiger partial charge in [0.1, 0.15) is 0 Å². The van der Waals surface area contributed by atoms with E-state index in [2.05, 4.69) is 24.5 Å². The third-order valence-electron chi connectivity index (χ3n) is 3.59. The topological polar surface area (TPSA) is 50.4 Å². The van der Waals surface area contributed by atoms with Crippen molar-refractivity contribution in [1.82, 2.24) is 10.6 Å². The zero-order valence-electron chi connectivity index (χ0n) is 11.8. The van der Waals surface area contributed by atoms with E-state index in [1.165, 1.54) is 19.3 Å². The lowest BCUT2D eigenvalue weighted by atomic mass is 9.88. The second kappa shape index (κ2) is 9.34. The van der Waals surface area contributed by atoms with Crippen molar-refractivity contribution >= 4 is 5.91 Å². The summed E-state index contributed by atoms with van der Waals surface area (Å²) in [5.41, 5.74) is 0. The van der Waals surface area contributed by atoms with E-state index in [1.54, 1.807) is 0 Å². The molecule has 0 spiro atoms. The Balaban J connectivity index is 2.12. The number of ether oxygens (including phenoxy) is 1. The lowest BCUT2D eigenvalue weighted by Gasteiger charge is -2.32. The normalized spacial score (nSPS) is 23.9. The van der Waals surface area contributed by atoms with Crippen LogP contribution in [0.15, 0.2) is 0 Å². The van der Waals surface area contributed by atoms with Crippen LogP contribution in [0.25, 0.3) is 0 Å². The summed E-state index contributed by atoms with van der Waals surface area (Å²) in [7, 11) is 0. The molecule has 1 rings (SSSR count). The predicted octanol–water partition coefficient (Wildman–Crippen LogP) is 1.70. The molecule has 1 aliphatic heterocycles. The summed E-state index contributed by atoms with van der Waals surface area (Å²) >= 11 is 0. The predicted molar refractivity (Wildman–Crippen MR) is 73.5 cm³/mol. The highest BCUT2D eigenvalue weighted by Crippen LogP contribution is 2.19. The van der Waals surface area contributed by atoms with Crippen molar-refractivity contribution in [2.45, 2.75) is 52.0 Å². The molecular formula is C14H28N2O2. The van der Waals surface area contributed by atoms with E-state index >= 15 is 0 Å². The molecule has 0 aliphatic carbocycles. The van der Waals surface area contributed by atoms with Gasteiger partial charge in [-0.05, 0) is 31.7 Å². The molecule has 1 fully saturated rings. The van der Waals surface area contributed by atoms with E-state index in [4.69, 9.17) is 4.74 Å². The standard InChI is InChI=1S/C14H28N2O2/c1-3-9-18-10-7-14(17)16-11-13-12(4-2)6-5-8-15-13/h12-13,15H,3-11H2,1-2H3,(H,16,17). The van der Waals surface area contributed by atoms with Crippen molar-refractivity contribution in [3.63, 3.8) is 0 Å². The first kappa shape index (κ1) is 15.4. The van der Waals surface area contributed by atoms with Gasteiger partial charge in [0.15, 0.2) is 0 Å². The van der Waals surface area contributed by atoms with Crippen LogP contribution in [-0.4, -0.2) is 38.3 Å². The molecule has 106 valence electrons. The number of hydrogen-bond donors (Lipinski definition) is 2. The molecular weight excluding hydrogens is 228 g/mol. The highest BCUT2D eigenvalue weighted by molar-refractivity contribution is 5.75. The summed E-state index contributed by atoms with van der Waals surface area (Å²) in [6, 6.07) is 0.448. The lowest BCUT2D eigenvalue weighted by molar-refractivity contribution is -0.122. The molecule has 4 nitrogen and oxygen atoms in total. The van der Waals surface area contributed by atoms with Gasteiger partial charge in [-0.3, -0.25) is 4.79 Å². The lowest BCUT2D eigenvalue weighted by Crippen LogP contribution is -2.48. The molecule has 1 saturated heterocycles. The van der Waals surface area contributed by atoms with Crippen molar-refractivity contribution in [3.8, 4) is 0 Å². The first-order valence-corrected chi connectivity index (χ1v) is 7.35. The third-order valence-corrected chi connectivity index (χ3v) is 3.59. The zero-order chi connectivity index (χ0) is 13.2. The Labute approximate surface area is 111 Å². The van der Waals surface area contributed by atoms with Gasteiger partial charge in [0.25, 0.3) is 0 Å². The van der Waals surface area contributed by atoms with Gasteiger partial charge >= 0.3 is 0 Å². The molecule has 0 bridgehead atoms. The Morgan fingerprint density at radius 1 is 1.39 bits per heavy atom. The average molecular weight is 256 g/mol. The van der Waals surface area contributed by atoms with Crippen molar-refractivity contribution in [2.75, 3.05) is 26.3 Å². The maximum absolute atomic E-state index is 11.6. The van der Waals surface area contributed by atoms with E-state index in [0.29, 0.717) is 25.0 Å². The molecule has 0 aromatic carbocycles. The minimum absolute atomic E-state index is 0.105. The summed E-state index contributed by atoms with van der Waals surface area (Å²) in [5, 5.41) is 6.52. The average Bonchev–Trinajstić information content (AvgIpc) is 2.41. The van der Waals surface area contributed by atoms with Crippen LogP contribution in [0, 0.1) is 5.92 Å². The van der Waals surface area contributed by atoms with E-state index < -0.39 is 0 Å². The minimum Gasteiger partial charge on any atom is -0.381 e. The molecule has 18 heavy (non-hydrogen) atoms. The summed E-state index contributed by atoms with van der Waals surface area (Å²) < 4.78 is 5.31. The van der Waals surface area contributed by atoms with Gasteiger partial charge in [-0.15, -0.1) is 0 Å². The molecule has 0 aromatic rings. The molecule has 2 atom stereocenters. The summed E-state index contributed by atoms with van der Waals surface area (Å²) in [6.07, 6.45) is 5.21. The first-order chi connectivity index (χ1) is 8.77. The highest BCUT2D eigenvalue weighted by Gasteiger charge is 2.23. The smallest absolute Gasteiger partial charge is 0.222 e. The van der Waals surface area contributed by atoms with Crippen LogP contribution < -0.4 is 10.6 Å². The second-order valence-corrected chi connectivity index (χ2v) is 5.04. The number of nitrogens with one attached hydrogen (secondary N) is 2. The van der Waals surface area contributed by atoms with Crippen molar-refractivity contribution in [3.05, 3.63) is 0 Å². The number of carbonyl (C=O) groups is 1. The van der Waals surface area contributed by atoms with E-state index in [9.17, 15) is 4.79 Å². The molecule has 4 heteroatoms. The molecule has 1 heterocycles. The van der Waals surface area contributed by atoms with Crippen LogP contribution in [0.4, 0.5) is 0 Å². The minimum atomic E-state index is 0.105. The third kappa shape index (κ3) is 5.83. The van der Waals surface area contributed by atoms with Gasteiger partial charge in [0.2, 0.25) is 5.91 Å². The fourth-order valence-electron chi connectivity index (χ4n) is 2.47. The van der Waals surface area contributed by atoms with Crippen molar-refractivity contribution < 1.29 is 9.53 Å². The van der Waals surface area contributed by atoms with Crippen LogP contribution in [-0.2, 0) is 9.53 Å². The Morgan fingerprint density at radius 3 is 2.94 bits per heavy atom. The molecule has 2 N–H and O–H groups in total. The molecule has 0 aromatic heterocycles. The summed E-state index contributed by atoms with van der Waals surface area (Å²) in [5.74, 6) is 0.809. The highest BCUT2D eigenvalue weighted by atomic mass is 16.5. The monoisotopic (exact) mass is 256 g/mol. The maximum atomic E-state index is 11.6. The van der Waals surface area contributed by atoms with Crippen molar-refractivity contribution in [1.29, 1.82) is 0 Å². The van der Waals surface area contributed by atoms with E-state index in [-0.39, 0.29) is 5.91 Å². The SMILES string of the molecule is CCCOCCC(=O)NCC1NCCCC1CC. The fourth-order valence-corrected chi connectivity index (χ4v) is 2.47. The number of piperidine rings is 1. The largest absolute Gasteiger partial charge is 0.381 e. The van der Waals surface area contributed by atoms with E-state index in [0.717, 1.165) is 26.1 Å². The quantitative estimate of drug-likeness (QED) is 0.650. The number of hydrogen-bond acceptors (Lipinski definition) is 3. The van der Waals surface area contributed by atoms with Crippen LogP contribution in [0.5, 0.6) is 0 Å². The van der Waals surface area contributed by atoms with Crippen LogP contribution >= 0.6 is 0 Å². The Morgan fingerprint density at radius 2 is 2.22 bits per heavy atom. The molecule has 0 radical (unpaired) electrons. The van der Waals surface area contributed by atoms with Gasteiger partial charge in [-0.2, -0.15) is 0 Å². The van der Waals surface area contributed by atoms with Gasteiger partial charge < -0.3 is 15.4 Å². The van der Waals surface area contributed by atoms with Crippen LogP contribution in [0.2, 0.25) is 0 Å². The van der Waals surface area contributed by atoms with Crippen LogP contribution in [0.3, 0.4) is 0 Å². The number of carbonyl (C=O) groups excluding carboxylic acids is 1. The Hall–Kier alpha value is -0.610. The number of rotatable bonds is 8. The zero-order valence-corrected chi connectivity index (χ0v) is 11.8. The van der Waals surface area contributed by atoms with Crippen molar-refractivity contribution in [2.24, 2.45) is 5.92 Å². The maximum Gasteiger partial charge on any atom is 0.222 e. The molecule has 1 amide bonds. The molecule has 0 saturated carbocycles. The van der Waals surface area contributed by atoms with Crippen LogP contribution in [0.1, 0.15) is 46.0 Å². The van der Waals surface area contributed by atoms with Gasteiger partial charge in [0.05, 0.1) is 6.61 Å². The van der Waals surface area contributed by atoms with Gasteiger partial charge in [0, 0.05) is 25.6 Å². The van der Waals surface area contributed by atoms with Gasteiger partial charge in [-0.25, -0.2) is 0 Å². The second-order valence-electron chi connectivity index (χ2n) is 5.04. The summed E-state index contributed by atoms with van der Waals surface area (Å²) in [6.45, 7) is 7.41. The van der Waals surface area contributed by atoms with E-state index in [1.807, 2.05) is 0 Å².